The molecule has 0 aliphatic heterocycles. The lowest BCUT2D eigenvalue weighted by molar-refractivity contribution is 0.390. The highest BCUT2D eigenvalue weighted by Gasteiger charge is 2.05. The van der Waals surface area contributed by atoms with Gasteiger partial charge in [-0.05, 0) is 12.0 Å². The molecule has 0 amide bonds. The van der Waals surface area contributed by atoms with Gasteiger partial charge in [0, 0.05) is 11.8 Å². The van der Waals surface area contributed by atoms with E-state index in [1.165, 1.54) is 0 Å². The van der Waals surface area contributed by atoms with E-state index in [0.717, 1.165) is 11.4 Å². The summed E-state index contributed by atoms with van der Waals surface area (Å²) >= 11 is 0. The van der Waals surface area contributed by atoms with Gasteiger partial charge >= 0.3 is 0 Å². The highest BCUT2D eigenvalue weighted by Crippen LogP contribution is 2.22. The van der Waals surface area contributed by atoms with Crippen LogP contribution in [-0.2, 0) is 0 Å². The zero-order valence-electron chi connectivity index (χ0n) is 7.16. The first-order chi connectivity index (χ1) is 5.25. The number of hydrogen-bond donors (Lipinski definition) is 0. The molecule has 0 unspecified atom stereocenters. The maximum absolute atomic E-state index is 5.10. The Labute approximate surface area is 67.2 Å². The molecule has 60 valence electrons. The normalized spacial score (nSPS) is 10.2. The molecule has 0 atom stereocenters. The average Bonchev–Trinajstić information content (AvgIpc) is 2.04. The van der Waals surface area contributed by atoms with Gasteiger partial charge in [-0.2, -0.15) is 0 Å². The van der Waals surface area contributed by atoms with Gasteiger partial charge in [0.25, 0.3) is 0 Å². The molecule has 11 heavy (non-hydrogen) atoms. The van der Waals surface area contributed by atoms with Crippen molar-refractivity contribution in [2.24, 2.45) is 0 Å². The number of aromatic nitrogens is 1. The Hall–Kier alpha value is -1.05. The van der Waals surface area contributed by atoms with E-state index in [1.807, 2.05) is 12.1 Å². The van der Waals surface area contributed by atoms with E-state index in [4.69, 9.17) is 4.74 Å². The number of methoxy groups -OCH3 is 1. The summed E-state index contributed by atoms with van der Waals surface area (Å²) in [6, 6.07) is 3.97. The van der Waals surface area contributed by atoms with Crippen LogP contribution in [-0.4, -0.2) is 12.1 Å². The van der Waals surface area contributed by atoms with E-state index in [9.17, 15) is 0 Å². The van der Waals surface area contributed by atoms with Gasteiger partial charge in [0.1, 0.15) is 0 Å². The minimum atomic E-state index is 0.471. The number of hydrogen-bond acceptors (Lipinski definition) is 2. The van der Waals surface area contributed by atoms with E-state index < -0.39 is 0 Å². The number of rotatable bonds is 2. The Morgan fingerprint density at radius 3 is 2.64 bits per heavy atom. The lowest BCUT2D eigenvalue weighted by Crippen LogP contribution is -1.95. The SMILES string of the molecule is COc1ncccc1C(C)C. The highest BCUT2D eigenvalue weighted by molar-refractivity contribution is 5.28. The van der Waals surface area contributed by atoms with Crippen LogP contribution in [0.2, 0.25) is 0 Å². The fourth-order valence-corrected chi connectivity index (χ4v) is 1.01. The molecule has 1 aromatic heterocycles. The molecule has 0 radical (unpaired) electrons. The molecular weight excluding hydrogens is 138 g/mol. The molecule has 1 heterocycles. The quantitative estimate of drug-likeness (QED) is 0.646. The van der Waals surface area contributed by atoms with Crippen molar-refractivity contribution in [1.29, 1.82) is 0 Å². The van der Waals surface area contributed by atoms with Gasteiger partial charge in [0.2, 0.25) is 5.88 Å². The molecule has 0 aliphatic carbocycles. The van der Waals surface area contributed by atoms with E-state index in [-0.39, 0.29) is 0 Å². The van der Waals surface area contributed by atoms with Crippen molar-refractivity contribution in [2.75, 3.05) is 7.11 Å². The van der Waals surface area contributed by atoms with Gasteiger partial charge in [-0.3, -0.25) is 0 Å². The summed E-state index contributed by atoms with van der Waals surface area (Å²) in [6.07, 6.45) is 1.74. The Kier molecular flexibility index (Phi) is 2.47. The lowest BCUT2D eigenvalue weighted by atomic mass is 10.1. The van der Waals surface area contributed by atoms with Gasteiger partial charge in [0.15, 0.2) is 0 Å². The molecule has 0 saturated carbocycles. The fourth-order valence-electron chi connectivity index (χ4n) is 1.01. The van der Waals surface area contributed by atoms with Gasteiger partial charge in [-0.15, -0.1) is 0 Å². The van der Waals surface area contributed by atoms with Crippen molar-refractivity contribution in [3.05, 3.63) is 23.9 Å². The maximum Gasteiger partial charge on any atom is 0.216 e. The minimum Gasteiger partial charge on any atom is -0.481 e. The molecular formula is C9H13NO. The molecule has 2 nitrogen and oxygen atoms in total. The molecule has 0 aromatic carbocycles. The maximum atomic E-state index is 5.10. The third-order valence-corrected chi connectivity index (χ3v) is 1.62. The monoisotopic (exact) mass is 151 g/mol. The lowest BCUT2D eigenvalue weighted by Gasteiger charge is -2.08. The summed E-state index contributed by atoms with van der Waals surface area (Å²) in [5.74, 6) is 1.21. The summed E-state index contributed by atoms with van der Waals surface area (Å²) in [5.41, 5.74) is 1.16. The van der Waals surface area contributed by atoms with Crippen molar-refractivity contribution < 1.29 is 4.74 Å². The van der Waals surface area contributed by atoms with E-state index in [1.54, 1.807) is 13.3 Å². The average molecular weight is 151 g/mol. The first-order valence-corrected chi connectivity index (χ1v) is 3.74. The molecule has 0 aliphatic rings. The van der Waals surface area contributed by atoms with Crippen LogP contribution in [0.1, 0.15) is 25.3 Å². The van der Waals surface area contributed by atoms with Gasteiger partial charge in [0.05, 0.1) is 7.11 Å². The summed E-state index contributed by atoms with van der Waals surface area (Å²) in [4.78, 5) is 4.10. The fraction of sp³-hybridized carbons (Fsp3) is 0.444. The summed E-state index contributed by atoms with van der Waals surface area (Å²) in [5, 5.41) is 0. The molecule has 0 bridgehead atoms. The Balaban J connectivity index is 3.02. The second kappa shape index (κ2) is 3.37. The van der Waals surface area contributed by atoms with Crippen molar-refractivity contribution in [3.63, 3.8) is 0 Å². The molecule has 2 heteroatoms. The Morgan fingerprint density at radius 1 is 1.45 bits per heavy atom. The first-order valence-electron chi connectivity index (χ1n) is 3.74. The van der Waals surface area contributed by atoms with Crippen molar-refractivity contribution >= 4 is 0 Å². The summed E-state index contributed by atoms with van der Waals surface area (Å²) in [7, 11) is 1.65. The minimum absolute atomic E-state index is 0.471. The highest BCUT2D eigenvalue weighted by atomic mass is 16.5. The molecule has 0 N–H and O–H groups in total. The molecule has 0 fully saturated rings. The van der Waals surface area contributed by atoms with Crippen molar-refractivity contribution in [2.45, 2.75) is 19.8 Å². The predicted molar refractivity (Wildman–Crippen MR) is 44.9 cm³/mol. The summed E-state index contributed by atoms with van der Waals surface area (Å²) < 4.78 is 5.10. The van der Waals surface area contributed by atoms with E-state index >= 15 is 0 Å². The van der Waals surface area contributed by atoms with Gasteiger partial charge in [-0.25, -0.2) is 4.98 Å². The van der Waals surface area contributed by atoms with Crippen LogP contribution in [0.3, 0.4) is 0 Å². The molecule has 1 rings (SSSR count). The molecule has 1 aromatic rings. The number of pyridine rings is 1. The van der Waals surface area contributed by atoms with Crippen molar-refractivity contribution in [1.82, 2.24) is 4.98 Å². The topological polar surface area (TPSA) is 22.1 Å². The van der Waals surface area contributed by atoms with Crippen LogP contribution < -0.4 is 4.74 Å². The van der Waals surface area contributed by atoms with Gasteiger partial charge < -0.3 is 4.74 Å². The summed E-state index contributed by atoms with van der Waals surface area (Å²) in [6.45, 7) is 4.25. The third-order valence-electron chi connectivity index (χ3n) is 1.62. The predicted octanol–water partition coefficient (Wildman–Crippen LogP) is 2.21. The Bertz CT molecular complexity index is 233. The van der Waals surface area contributed by atoms with Crippen LogP contribution in [0, 0.1) is 0 Å². The van der Waals surface area contributed by atoms with Gasteiger partial charge in [-0.1, -0.05) is 19.9 Å². The van der Waals surface area contributed by atoms with Crippen LogP contribution >= 0.6 is 0 Å². The molecule has 0 saturated heterocycles. The van der Waals surface area contributed by atoms with E-state index in [2.05, 4.69) is 18.8 Å². The largest absolute Gasteiger partial charge is 0.481 e. The zero-order chi connectivity index (χ0) is 8.27. The van der Waals surface area contributed by atoms with Crippen molar-refractivity contribution in [3.8, 4) is 5.88 Å². The number of nitrogens with zero attached hydrogens (tertiary/aromatic N) is 1. The molecule has 0 spiro atoms. The smallest absolute Gasteiger partial charge is 0.216 e. The second-order valence-electron chi connectivity index (χ2n) is 2.76. The van der Waals surface area contributed by atoms with Crippen LogP contribution in [0.4, 0.5) is 0 Å². The standard InChI is InChI=1S/C9H13NO/c1-7(2)8-5-4-6-10-9(8)11-3/h4-7H,1-3H3. The van der Waals surface area contributed by atoms with E-state index in [0.29, 0.717) is 5.92 Å². The number of ether oxygens (including phenoxy) is 1. The van der Waals surface area contributed by atoms with Crippen LogP contribution in [0.5, 0.6) is 5.88 Å². The Morgan fingerprint density at radius 2 is 2.18 bits per heavy atom. The van der Waals surface area contributed by atoms with Crippen LogP contribution in [0.15, 0.2) is 18.3 Å². The van der Waals surface area contributed by atoms with Crippen LogP contribution in [0.25, 0.3) is 0 Å². The zero-order valence-corrected chi connectivity index (χ0v) is 7.16. The third kappa shape index (κ3) is 1.70. The first kappa shape index (κ1) is 8.05. The second-order valence-corrected chi connectivity index (χ2v) is 2.76.